The maximum atomic E-state index is 14.0. The van der Waals surface area contributed by atoms with Crippen LogP contribution in [0.5, 0.6) is 0 Å². The summed E-state index contributed by atoms with van der Waals surface area (Å²) >= 11 is 2.77. The molecule has 0 spiro atoms. The van der Waals surface area contributed by atoms with Crippen molar-refractivity contribution < 1.29 is 8.78 Å². The number of nitrogens with one attached hydrogen (secondary N) is 1. The van der Waals surface area contributed by atoms with Gasteiger partial charge in [0, 0.05) is 6.07 Å². The number of H-pyrrole nitrogens is 1. The molecule has 1 aromatic carbocycles. The Balaban J connectivity index is 2.52. The van der Waals surface area contributed by atoms with Crippen LogP contribution in [0.15, 0.2) is 16.2 Å². The van der Waals surface area contributed by atoms with Crippen LogP contribution in [0.2, 0.25) is 0 Å². The normalized spacial score (nSPS) is 11.6. The number of nitrogens with zero attached hydrogens (tertiary/aromatic N) is 2. The third-order valence-electron chi connectivity index (χ3n) is 2.75. The van der Waals surface area contributed by atoms with Crippen LogP contribution in [-0.4, -0.2) is 27.5 Å². The smallest absolute Gasteiger partial charge is 0.190 e. The molecule has 2 aromatic heterocycles. The van der Waals surface area contributed by atoms with Crippen LogP contribution < -0.4 is 0 Å². The van der Waals surface area contributed by atoms with Crippen LogP contribution in [0.1, 0.15) is 0 Å². The maximum Gasteiger partial charge on any atom is 0.190 e. The molecular weight excluding hydrogens is 288 g/mol. The number of aromatic nitrogens is 3. The van der Waals surface area contributed by atoms with Gasteiger partial charge in [0.1, 0.15) is 10.7 Å². The lowest BCUT2D eigenvalue weighted by atomic mass is 10.2. The third-order valence-corrected chi connectivity index (χ3v) is 3.98. The van der Waals surface area contributed by atoms with Crippen LogP contribution in [-0.2, 0) is 0 Å². The molecule has 0 unspecified atom stereocenters. The number of hydrogen-bond donors (Lipinski definition) is 1. The predicted octanol–water partition coefficient (Wildman–Crippen LogP) is 3.63. The second-order valence-corrected chi connectivity index (χ2v) is 5.34. The van der Waals surface area contributed by atoms with E-state index >= 15 is 0 Å². The van der Waals surface area contributed by atoms with Gasteiger partial charge in [-0.05, 0) is 18.6 Å². The van der Waals surface area contributed by atoms with Crippen molar-refractivity contribution >= 4 is 45.5 Å². The average Bonchev–Trinajstić information content (AvgIpc) is 2.80. The lowest BCUT2D eigenvalue weighted by Crippen LogP contribution is -1.91. The molecule has 3 rings (SSSR count). The van der Waals surface area contributed by atoms with E-state index in [2.05, 4.69) is 21.0 Å². The van der Waals surface area contributed by atoms with Gasteiger partial charge in [0.15, 0.2) is 16.8 Å². The van der Waals surface area contributed by atoms with Crippen molar-refractivity contribution in [3.05, 3.63) is 23.8 Å². The zero-order chi connectivity index (χ0) is 13.6. The van der Waals surface area contributed by atoms with Gasteiger partial charge in [-0.25, -0.2) is 18.7 Å². The number of rotatable bonds is 2. The SMILES string of the molecule is CSc1nc(SC)c2c(n1)[nH]c1[c]cc(F)c(F)c12. The van der Waals surface area contributed by atoms with E-state index < -0.39 is 11.6 Å². The molecule has 0 aliphatic heterocycles. The Labute approximate surface area is 116 Å². The first-order valence-electron chi connectivity index (χ1n) is 5.32. The number of aromatic amines is 1. The molecule has 3 aromatic rings. The zero-order valence-electron chi connectivity index (χ0n) is 10.0. The standard InChI is InChI=1S/C12H8F2N3S2/c1-18-11-8-7-6(4-3-5(13)9(7)14)15-10(8)16-12(17-11)19-2/h3H,1-2H3,(H,15,16,17). The molecule has 7 heteroatoms. The monoisotopic (exact) mass is 296 g/mol. The molecule has 0 saturated heterocycles. The van der Waals surface area contributed by atoms with Crippen LogP contribution in [0.3, 0.4) is 0 Å². The van der Waals surface area contributed by atoms with Crippen molar-refractivity contribution in [3.63, 3.8) is 0 Å². The lowest BCUT2D eigenvalue weighted by molar-refractivity contribution is 0.517. The fourth-order valence-electron chi connectivity index (χ4n) is 1.93. The molecule has 3 nitrogen and oxygen atoms in total. The third kappa shape index (κ3) is 1.88. The molecule has 0 bridgehead atoms. The molecule has 1 N–H and O–H groups in total. The van der Waals surface area contributed by atoms with Crippen molar-refractivity contribution in [3.8, 4) is 0 Å². The van der Waals surface area contributed by atoms with E-state index in [0.717, 1.165) is 6.07 Å². The van der Waals surface area contributed by atoms with Crippen molar-refractivity contribution in [1.29, 1.82) is 0 Å². The molecular formula is C12H8F2N3S2. The summed E-state index contributed by atoms with van der Waals surface area (Å²) in [6.45, 7) is 0. The van der Waals surface area contributed by atoms with E-state index in [1.807, 2.05) is 12.5 Å². The Morgan fingerprint density at radius 1 is 1.16 bits per heavy atom. The van der Waals surface area contributed by atoms with Crippen LogP contribution >= 0.6 is 23.5 Å². The zero-order valence-corrected chi connectivity index (χ0v) is 11.7. The Morgan fingerprint density at radius 3 is 2.63 bits per heavy atom. The molecule has 0 aliphatic carbocycles. The Bertz CT molecular complexity index is 786. The van der Waals surface area contributed by atoms with Crippen molar-refractivity contribution in [2.24, 2.45) is 0 Å². The molecule has 0 saturated carbocycles. The van der Waals surface area contributed by atoms with Gasteiger partial charge in [-0.3, -0.25) is 0 Å². The van der Waals surface area contributed by atoms with Crippen LogP contribution in [0.25, 0.3) is 21.9 Å². The second-order valence-electron chi connectivity index (χ2n) is 3.77. The molecule has 1 radical (unpaired) electrons. The summed E-state index contributed by atoms with van der Waals surface area (Å²) < 4.78 is 27.3. The Morgan fingerprint density at radius 2 is 1.95 bits per heavy atom. The van der Waals surface area contributed by atoms with Crippen molar-refractivity contribution in [2.75, 3.05) is 12.5 Å². The summed E-state index contributed by atoms with van der Waals surface area (Å²) in [5.41, 5.74) is 0.899. The van der Waals surface area contributed by atoms with Gasteiger partial charge >= 0.3 is 0 Å². The van der Waals surface area contributed by atoms with E-state index in [-0.39, 0.29) is 5.39 Å². The minimum Gasteiger partial charge on any atom is -0.338 e. The molecule has 0 fully saturated rings. The largest absolute Gasteiger partial charge is 0.338 e. The first kappa shape index (κ1) is 12.7. The summed E-state index contributed by atoms with van der Waals surface area (Å²) in [7, 11) is 0. The van der Waals surface area contributed by atoms with Gasteiger partial charge in [0.2, 0.25) is 0 Å². The van der Waals surface area contributed by atoms with E-state index in [1.165, 1.54) is 23.5 Å². The maximum absolute atomic E-state index is 14.0. The van der Waals surface area contributed by atoms with E-state index in [4.69, 9.17) is 0 Å². The first-order valence-corrected chi connectivity index (χ1v) is 7.77. The van der Waals surface area contributed by atoms with Crippen molar-refractivity contribution in [1.82, 2.24) is 15.0 Å². The number of halogens is 2. The van der Waals surface area contributed by atoms with E-state index in [0.29, 0.717) is 26.7 Å². The average molecular weight is 296 g/mol. The molecule has 2 heterocycles. The minimum absolute atomic E-state index is 0.159. The summed E-state index contributed by atoms with van der Waals surface area (Å²) in [5, 5.41) is 1.88. The molecule has 19 heavy (non-hydrogen) atoms. The van der Waals surface area contributed by atoms with Gasteiger partial charge in [-0.2, -0.15) is 0 Å². The highest BCUT2D eigenvalue weighted by Crippen LogP contribution is 2.34. The highest BCUT2D eigenvalue weighted by Gasteiger charge is 2.18. The van der Waals surface area contributed by atoms with Crippen LogP contribution in [0, 0.1) is 17.7 Å². The van der Waals surface area contributed by atoms with Gasteiger partial charge in [-0.15, -0.1) is 11.8 Å². The number of fused-ring (bicyclic) bond motifs is 3. The van der Waals surface area contributed by atoms with E-state index in [1.54, 1.807) is 0 Å². The Kier molecular flexibility index (Phi) is 3.10. The summed E-state index contributed by atoms with van der Waals surface area (Å²) in [4.78, 5) is 11.6. The summed E-state index contributed by atoms with van der Waals surface area (Å²) in [6, 6.07) is 3.66. The molecule has 0 amide bonds. The lowest BCUT2D eigenvalue weighted by Gasteiger charge is -2.02. The van der Waals surface area contributed by atoms with E-state index in [9.17, 15) is 8.78 Å². The van der Waals surface area contributed by atoms with Crippen molar-refractivity contribution in [2.45, 2.75) is 10.2 Å². The van der Waals surface area contributed by atoms with Crippen LogP contribution in [0.4, 0.5) is 8.78 Å². The molecule has 97 valence electrons. The predicted molar refractivity (Wildman–Crippen MR) is 73.7 cm³/mol. The van der Waals surface area contributed by atoms with Gasteiger partial charge < -0.3 is 4.98 Å². The fourth-order valence-corrected chi connectivity index (χ4v) is 2.93. The highest BCUT2D eigenvalue weighted by atomic mass is 32.2. The Hall–Kier alpha value is -1.34. The van der Waals surface area contributed by atoms with Gasteiger partial charge in [-0.1, -0.05) is 11.8 Å². The number of thioether (sulfide) groups is 2. The molecule has 0 atom stereocenters. The van der Waals surface area contributed by atoms with Gasteiger partial charge in [0.05, 0.1) is 16.3 Å². The minimum atomic E-state index is -0.922. The first-order chi connectivity index (χ1) is 9.15. The fraction of sp³-hybridized carbons (Fsp3) is 0.167. The number of benzene rings is 1. The summed E-state index contributed by atoms with van der Waals surface area (Å²) in [5.74, 6) is -1.81. The second kappa shape index (κ2) is 4.64. The van der Waals surface area contributed by atoms with Gasteiger partial charge in [0.25, 0.3) is 0 Å². The molecule has 0 aliphatic rings. The topological polar surface area (TPSA) is 41.6 Å². The quantitative estimate of drug-likeness (QED) is 0.445. The number of hydrogen-bond acceptors (Lipinski definition) is 4. The highest BCUT2D eigenvalue weighted by molar-refractivity contribution is 7.99. The summed E-state index contributed by atoms with van der Waals surface area (Å²) in [6.07, 6.45) is 3.70.